The van der Waals surface area contributed by atoms with E-state index in [4.69, 9.17) is 15.2 Å². The quantitative estimate of drug-likeness (QED) is 0.798. The van der Waals surface area contributed by atoms with E-state index in [0.717, 1.165) is 22.3 Å². The van der Waals surface area contributed by atoms with Crippen molar-refractivity contribution in [3.05, 3.63) is 36.0 Å². The standard InChI is InChI=1S/C15H16N4O2/c1-9-6-11(8-19-14(9)17-15(16)18-19)10-4-5-12(20-2)13(7-10)21-3/h4-8H,1-3H3,(H2,16,18). The van der Waals surface area contributed by atoms with Gasteiger partial charge in [-0.05, 0) is 36.2 Å². The fraction of sp³-hybridized carbons (Fsp3) is 0.200. The van der Waals surface area contributed by atoms with Crippen LogP contribution in [0, 0.1) is 6.92 Å². The van der Waals surface area contributed by atoms with Gasteiger partial charge >= 0.3 is 0 Å². The molecule has 108 valence electrons. The van der Waals surface area contributed by atoms with Crippen LogP contribution in [0.25, 0.3) is 16.8 Å². The van der Waals surface area contributed by atoms with Gasteiger partial charge in [0.15, 0.2) is 17.1 Å². The third-order valence-electron chi connectivity index (χ3n) is 3.35. The van der Waals surface area contributed by atoms with Gasteiger partial charge in [-0.15, -0.1) is 5.10 Å². The van der Waals surface area contributed by atoms with Crippen molar-refractivity contribution in [2.45, 2.75) is 6.92 Å². The number of ether oxygens (including phenoxy) is 2. The lowest BCUT2D eigenvalue weighted by molar-refractivity contribution is 0.355. The summed E-state index contributed by atoms with van der Waals surface area (Å²) in [5.74, 6) is 1.65. The Kier molecular flexibility index (Phi) is 3.13. The van der Waals surface area contributed by atoms with E-state index in [1.807, 2.05) is 37.4 Å². The van der Waals surface area contributed by atoms with Crippen LogP contribution in [0.15, 0.2) is 30.5 Å². The Hall–Kier alpha value is -2.76. The highest BCUT2D eigenvalue weighted by Crippen LogP contribution is 2.32. The molecule has 0 radical (unpaired) electrons. The molecule has 0 amide bonds. The van der Waals surface area contributed by atoms with Gasteiger partial charge in [0.1, 0.15) is 0 Å². The number of nitrogens with two attached hydrogens (primary N) is 1. The van der Waals surface area contributed by atoms with Crippen LogP contribution in [0.2, 0.25) is 0 Å². The van der Waals surface area contributed by atoms with E-state index in [0.29, 0.717) is 11.5 Å². The number of hydrogen-bond acceptors (Lipinski definition) is 5. The maximum atomic E-state index is 5.65. The van der Waals surface area contributed by atoms with Crippen LogP contribution in [0.5, 0.6) is 11.5 Å². The minimum absolute atomic E-state index is 0.266. The summed E-state index contributed by atoms with van der Waals surface area (Å²) in [5.41, 5.74) is 9.43. The highest BCUT2D eigenvalue weighted by molar-refractivity contribution is 5.69. The van der Waals surface area contributed by atoms with E-state index in [9.17, 15) is 0 Å². The summed E-state index contributed by atoms with van der Waals surface area (Å²) in [5, 5.41) is 4.16. The Morgan fingerprint density at radius 3 is 2.52 bits per heavy atom. The third kappa shape index (κ3) is 2.24. The van der Waals surface area contributed by atoms with E-state index in [1.54, 1.807) is 18.7 Å². The second kappa shape index (κ2) is 4.97. The van der Waals surface area contributed by atoms with Gasteiger partial charge in [0.05, 0.1) is 14.2 Å². The number of aromatic nitrogens is 3. The maximum Gasteiger partial charge on any atom is 0.240 e. The predicted octanol–water partition coefficient (Wildman–Crippen LogP) is 2.30. The molecule has 0 aliphatic rings. The number of rotatable bonds is 3. The summed E-state index contributed by atoms with van der Waals surface area (Å²) in [6, 6.07) is 7.83. The molecule has 3 rings (SSSR count). The lowest BCUT2D eigenvalue weighted by Gasteiger charge is -2.10. The van der Waals surface area contributed by atoms with Gasteiger partial charge < -0.3 is 15.2 Å². The molecule has 0 unspecified atom stereocenters. The first-order valence-electron chi connectivity index (χ1n) is 6.47. The molecular weight excluding hydrogens is 268 g/mol. The van der Waals surface area contributed by atoms with Crippen LogP contribution in [0.1, 0.15) is 5.56 Å². The molecule has 0 saturated carbocycles. The summed E-state index contributed by atoms with van der Waals surface area (Å²) < 4.78 is 12.3. The first-order chi connectivity index (χ1) is 10.1. The zero-order valence-electron chi connectivity index (χ0n) is 12.1. The number of fused-ring (bicyclic) bond motifs is 1. The van der Waals surface area contributed by atoms with Crippen molar-refractivity contribution < 1.29 is 9.47 Å². The van der Waals surface area contributed by atoms with E-state index >= 15 is 0 Å². The van der Waals surface area contributed by atoms with E-state index in [-0.39, 0.29) is 5.95 Å². The SMILES string of the molecule is COc1ccc(-c2cc(C)c3nc(N)nn3c2)cc1OC. The number of nitrogen functional groups attached to an aromatic ring is 1. The van der Waals surface area contributed by atoms with E-state index in [2.05, 4.69) is 10.1 Å². The Labute approximate surface area is 122 Å². The fourth-order valence-electron chi connectivity index (χ4n) is 2.34. The van der Waals surface area contributed by atoms with Gasteiger partial charge in [0.2, 0.25) is 5.95 Å². The van der Waals surface area contributed by atoms with Crippen molar-refractivity contribution in [1.29, 1.82) is 0 Å². The van der Waals surface area contributed by atoms with Gasteiger partial charge in [-0.3, -0.25) is 0 Å². The highest BCUT2D eigenvalue weighted by Gasteiger charge is 2.10. The average Bonchev–Trinajstić information content (AvgIpc) is 2.87. The smallest absolute Gasteiger partial charge is 0.240 e. The van der Waals surface area contributed by atoms with E-state index < -0.39 is 0 Å². The van der Waals surface area contributed by atoms with Crippen LogP contribution >= 0.6 is 0 Å². The van der Waals surface area contributed by atoms with Crippen LogP contribution in [-0.4, -0.2) is 28.8 Å². The molecule has 0 spiro atoms. The van der Waals surface area contributed by atoms with Gasteiger partial charge in [-0.2, -0.15) is 4.98 Å². The van der Waals surface area contributed by atoms with E-state index in [1.165, 1.54) is 0 Å². The normalized spacial score (nSPS) is 10.8. The van der Waals surface area contributed by atoms with Crippen molar-refractivity contribution in [1.82, 2.24) is 14.6 Å². The van der Waals surface area contributed by atoms with Gasteiger partial charge in [-0.25, -0.2) is 4.52 Å². The molecule has 2 aromatic heterocycles. The number of nitrogens with zero attached hydrogens (tertiary/aromatic N) is 3. The summed E-state index contributed by atoms with van der Waals surface area (Å²) in [6.07, 6.45) is 1.90. The topological polar surface area (TPSA) is 74.7 Å². The molecule has 2 heterocycles. The van der Waals surface area contributed by atoms with Crippen molar-refractivity contribution in [3.8, 4) is 22.6 Å². The largest absolute Gasteiger partial charge is 0.493 e. The van der Waals surface area contributed by atoms with Crippen LogP contribution < -0.4 is 15.2 Å². The zero-order chi connectivity index (χ0) is 15.0. The first kappa shape index (κ1) is 13.2. The Balaban J connectivity index is 2.15. The molecule has 0 saturated heterocycles. The van der Waals surface area contributed by atoms with Crippen LogP contribution in [0.3, 0.4) is 0 Å². The maximum absolute atomic E-state index is 5.65. The molecule has 2 N–H and O–H groups in total. The van der Waals surface area contributed by atoms with Gasteiger partial charge in [0.25, 0.3) is 0 Å². The Bertz CT molecular complexity index is 811. The number of hydrogen-bond donors (Lipinski definition) is 1. The molecule has 6 nitrogen and oxygen atoms in total. The molecule has 21 heavy (non-hydrogen) atoms. The van der Waals surface area contributed by atoms with Gasteiger partial charge in [-0.1, -0.05) is 6.07 Å². The molecule has 0 aliphatic carbocycles. The van der Waals surface area contributed by atoms with Gasteiger partial charge in [0, 0.05) is 11.8 Å². The summed E-state index contributed by atoms with van der Waals surface area (Å²) >= 11 is 0. The number of methoxy groups -OCH3 is 2. The average molecular weight is 284 g/mol. The molecule has 0 bridgehead atoms. The van der Waals surface area contributed by atoms with Crippen molar-refractivity contribution in [2.24, 2.45) is 0 Å². The predicted molar refractivity (Wildman–Crippen MR) is 80.7 cm³/mol. The minimum Gasteiger partial charge on any atom is -0.493 e. The number of benzene rings is 1. The highest BCUT2D eigenvalue weighted by atomic mass is 16.5. The molecule has 6 heteroatoms. The molecular formula is C15H16N4O2. The van der Waals surface area contributed by atoms with Crippen molar-refractivity contribution >= 4 is 11.6 Å². The summed E-state index contributed by atoms with van der Waals surface area (Å²) in [6.45, 7) is 1.98. The fourth-order valence-corrected chi connectivity index (χ4v) is 2.34. The lowest BCUT2D eigenvalue weighted by atomic mass is 10.1. The number of aryl methyl sites for hydroxylation is 1. The number of anilines is 1. The van der Waals surface area contributed by atoms with Crippen molar-refractivity contribution in [3.63, 3.8) is 0 Å². The van der Waals surface area contributed by atoms with Crippen LogP contribution in [0.4, 0.5) is 5.95 Å². The molecule has 0 aliphatic heterocycles. The molecule has 0 atom stereocenters. The Morgan fingerprint density at radius 1 is 1.05 bits per heavy atom. The second-order valence-corrected chi connectivity index (χ2v) is 4.72. The summed E-state index contributed by atoms with van der Waals surface area (Å²) in [7, 11) is 3.24. The number of pyridine rings is 1. The first-order valence-corrected chi connectivity index (χ1v) is 6.47. The second-order valence-electron chi connectivity index (χ2n) is 4.72. The van der Waals surface area contributed by atoms with Crippen molar-refractivity contribution in [2.75, 3.05) is 20.0 Å². The molecule has 0 fully saturated rings. The minimum atomic E-state index is 0.266. The molecule has 1 aromatic carbocycles. The molecule has 3 aromatic rings. The third-order valence-corrected chi connectivity index (χ3v) is 3.35. The zero-order valence-corrected chi connectivity index (χ0v) is 12.1. The summed E-state index contributed by atoms with van der Waals surface area (Å²) in [4.78, 5) is 4.19. The van der Waals surface area contributed by atoms with Crippen LogP contribution in [-0.2, 0) is 0 Å². The lowest BCUT2D eigenvalue weighted by Crippen LogP contribution is -1.94. The monoisotopic (exact) mass is 284 g/mol. The Morgan fingerprint density at radius 2 is 1.81 bits per heavy atom.